The topological polar surface area (TPSA) is 12.9 Å². The molecule has 1 aromatic heterocycles. The average Bonchev–Trinajstić information content (AvgIpc) is 2.80. The molecule has 0 unspecified atom stereocenters. The van der Waals surface area contributed by atoms with Crippen LogP contribution in [0.4, 0.5) is 0 Å². The van der Waals surface area contributed by atoms with E-state index >= 15 is 0 Å². The standard InChI is InChI=1S/C4H4NS.2C4H9.C3H7.Sn/c1-4-2-6-3-5-4;2*1-3-4-2;1-3-2;/h2H,1H3;2*1,3-4H2,2H3;1,3H2,2H3;. The predicted molar refractivity (Wildman–Crippen MR) is 86.8 cm³/mol. The monoisotopic (exact) mass is 375 g/mol. The summed E-state index contributed by atoms with van der Waals surface area (Å²) in [6.07, 6.45) is 6.91. The molecule has 0 bridgehead atoms. The van der Waals surface area contributed by atoms with Crippen LogP contribution in [0.1, 0.15) is 58.6 Å². The molecule has 0 aliphatic carbocycles. The molecule has 0 radical (unpaired) electrons. The van der Waals surface area contributed by atoms with Crippen molar-refractivity contribution in [1.29, 1.82) is 0 Å². The van der Waals surface area contributed by atoms with Crippen LogP contribution < -0.4 is 3.02 Å². The zero-order valence-electron chi connectivity index (χ0n) is 12.6. The van der Waals surface area contributed by atoms with Gasteiger partial charge < -0.3 is 0 Å². The molecule has 1 heterocycles. The van der Waals surface area contributed by atoms with Gasteiger partial charge in [-0.05, 0) is 0 Å². The number of aromatic nitrogens is 1. The van der Waals surface area contributed by atoms with E-state index in [-0.39, 0.29) is 0 Å². The van der Waals surface area contributed by atoms with Gasteiger partial charge in [0.25, 0.3) is 0 Å². The first-order valence-corrected chi connectivity index (χ1v) is 16.0. The van der Waals surface area contributed by atoms with Gasteiger partial charge >= 0.3 is 122 Å². The van der Waals surface area contributed by atoms with Gasteiger partial charge in [-0.15, -0.1) is 0 Å². The number of hydrogen-bond donors (Lipinski definition) is 0. The molecule has 1 rings (SSSR count). The Labute approximate surface area is 121 Å². The first kappa shape index (κ1) is 16.5. The van der Waals surface area contributed by atoms with E-state index in [9.17, 15) is 0 Å². The molecule has 0 aliphatic heterocycles. The van der Waals surface area contributed by atoms with E-state index in [1.807, 2.05) is 11.3 Å². The minimum absolute atomic E-state index is 1.25. The van der Waals surface area contributed by atoms with Crippen LogP contribution in [-0.2, 0) is 0 Å². The molecule has 0 fully saturated rings. The van der Waals surface area contributed by atoms with Crippen LogP contribution in [0.25, 0.3) is 0 Å². The van der Waals surface area contributed by atoms with Crippen LogP contribution in [0.5, 0.6) is 0 Å². The molecule has 0 aliphatic rings. The number of hydrogen-bond acceptors (Lipinski definition) is 2. The van der Waals surface area contributed by atoms with Gasteiger partial charge in [-0.3, -0.25) is 0 Å². The molecule has 0 saturated carbocycles. The van der Waals surface area contributed by atoms with Crippen molar-refractivity contribution < 1.29 is 0 Å². The molecule has 0 spiro atoms. The van der Waals surface area contributed by atoms with Crippen molar-refractivity contribution in [1.82, 2.24) is 4.98 Å². The predicted octanol–water partition coefficient (Wildman–Crippen LogP) is 5.12. The summed E-state index contributed by atoms with van der Waals surface area (Å²) in [5.41, 5.74) is 1.25. The summed E-state index contributed by atoms with van der Waals surface area (Å²) in [6, 6.07) is 0. The van der Waals surface area contributed by atoms with Crippen molar-refractivity contribution in [2.75, 3.05) is 0 Å². The van der Waals surface area contributed by atoms with Gasteiger partial charge in [0.1, 0.15) is 0 Å². The third kappa shape index (κ3) is 4.52. The van der Waals surface area contributed by atoms with Crippen LogP contribution in [0.2, 0.25) is 13.3 Å². The Morgan fingerprint density at radius 1 is 1.00 bits per heavy atom. The number of thiazole rings is 1. The van der Waals surface area contributed by atoms with Crippen molar-refractivity contribution in [2.24, 2.45) is 0 Å². The van der Waals surface area contributed by atoms with Crippen molar-refractivity contribution in [3.8, 4) is 0 Å². The van der Waals surface area contributed by atoms with E-state index in [2.05, 4.69) is 33.1 Å². The van der Waals surface area contributed by atoms with E-state index in [4.69, 9.17) is 4.98 Å². The Hall–Kier alpha value is 0.429. The molecule has 104 valence electrons. The number of nitrogens with zero attached hydrogens (tertiary/aromatic N) is 1. The summed E-state index contributed by atoms with van der Waals surface area (Å²) < 4.78 is 6.20. The molecule has 18 heavy (non-hydrogen) atoms. The van der Waals surface area contributed by atoms with Crippen LogP contribution in [0, 0.1) is 6.92 Å². The SMILES string of the molecule is CCC[CH2][Sn]([CH2]CC)([CH2]CCC)[c]1nc(C)cs1. The molecule has 0 aromatic carbocycles. The van der Waals surface area contributed by atoms with Gasteiger partial charge in [-0.2, -0.15) is 0 Å². The number of unbranched alkanes of at least 4 members (excludes halogenated alkanes) is 2. The van der Waals surface area contributed by atoms with E-state index in [1.54, 1.807) is 3.02 Å². The Kier molecular flexibility index (Phi) is 7.85. The fraction of sp³-hybridized carbons (Fsp3) is 0.800. The van der Waals surface area contributed by atoms with E-state index in [0.717, 1.165) is 0 Å². The second-order valence-electron chi connectivity index (χ2n) is 5.53. The normalized spacial score (nSPS) is 12.0. The van der Waals surface area contributed by atoms with Gasteiger partial charge in [0.2, 0.25) is 0 Å². The van der Waals surface area contributed by atoms with Gasteiger partial charge in [0, 0.05) is 0 Å². The van der Waals surface area contributed by atoms with E-state index < -0.39 is 18.4 Å². The van der Waals surface area contributed by atoms with Crippen LogP contribution in [-0.4, -0.2) is 23.4 Å². The first-order valence-electron chi connectivity index (χ1n) is 7.61. The summed E-state index contributed by atoms with van der Waals surface area (Å²) in [4.78, 5) is 4.92. The van der Waals surface area contributed by atoms with Crippen LogP contribution in [0.15, 0.2) is 5.38 Å². The van der Waals surface area contributed by atoms with E-state index in [1.165, 1.54) is 51.1 Å². The van der Waals surface area contributed by atoms with Crippen molar-refractivity contribution in [2.45, 2.75) is 73.1 Å². The minimum atomic E-state index is -2.14. The summed E-state index contributed by atoms with van der Waals surface area (Å²) in [5.74, 6) is 0. The second-order valence-corrected chi connectivity index (χ2v) is 20.4. The maximum atomic E-state index is 4.92. The van der Waals surface area contributed by atoms with Crippen molar-refractivity contribution >= 4 is 32.7 Å². The molecular weight excluding hydrogens is 345 g/mol. The maximum absolute atomic E-state index is 4.92. The van der Waals surface area contributed by atoms with Gasteiger partial charge in [0.15, 0.2) is 0 Å². The Morgan fingerprint density at radius 2 is 1.61 bits per heavy atom. The molecule has 3 heteroatoms. The molecule has 0 N–H and O–H groups in total. The van der Waals surface area contributed by atoms with Gasteiger partial charge in [0.05, 0.1) is 0 Å². The number of aryl methyl sites for hydroxylation is 1. The fourth-order valence-electron chi connectivity index (χ4n) is 2.80. The third-order valence-electron chi connectivity index (χ3n) is 3.82. The first-order chi connectivity index (χ1) is 8.68. The molecule has 1 nitrogen and oxygen atoms in total. The average molecular weight is 374 g/mol. The zero-order chi connectivity index (χ0) is 13.4. The molecule has 0 saturated heterocycles. The summed E-state index contributed by atoms with van der Waals surface area (Å²) in [7, 11) is 0. The van der Waals surface area contributed by atoms with Gasteiger partial charge in [-0.25, -0.2) is 0 Å². The zero-order valence-corrected chi connectivity index (χ0v) is 16.3. The summed E-state index contributed by atoms with van der Waals surface area (Å²) in [5, 5.41) is 2.27. The molecule has 0 amide bonds. The molecular formula is C15H29NSSn. The van der Waals surface area contributed by atoms with Gasteiger partial charge in [-0.1, -0.05) is 0 Å². The van der Waals surface area contributed by atoms with Crippen molar-refractivity contribution in [3.63, 3.8) is 0 Å². The van der Waals surface area contributed by atoms with E-state index in [0.29, 0.717) is 0 Å². The van der Waals surface area contributed by atoms with Crippen molar-refractivity contribution in [3.05, 3.63) is 11.1 Å². The Bertz CT molecular complexity index is 327. The molecule has 1 aromatic rings. The quantitative estimate of drug-likeness (QED) is 0.547. The molecule has 0 atom stereocenters. The van der Waals surface area contributed by atoms with Crippen LogP contribution >= 0.6 is 11.3 Å². The third-order valence-corrected chi connectivity index (χ3v) is 23.1. The number of rotatable bonds is 9. The second kappa shape index (κ2) is 8.57. The Morgan fingerprint density at radius 3 is 2.00 bits per heavy atom. The summed E-state index contributed by atoms with van der Waals surface area (Å²) >= 11 is -0.156. The Balaban J connectivity index is 2.93. The van der Waals surface area contributed by atoms with Crippen LogP contribution in [0.3, 0.4) is 0 Å². The fourth-order valence-corrected chi connectivity index (χ4v) is 22.0. The summed E-state index contributed by atoms with van der Waals surface area (Å²) in [6.45, 7) is 9.18.